The zero-order valence-electron chi connectivity index (χ0n) is 7.55. The molecule has 5 nitrogen and oxygen atoms in total. The summed E-state index contributed by atoms with van der Waals surface area (Å²) in [5.74, 6) is 0.844. The second-order valence-electron chi connectivity index (χ2n) is 2.35. The molecule has 0 spiro atoms. The largest absolute Gasteiger partial charge is 0.563 e. The van der Waals surface area contributed by atoms with Crippen LogP contribution >= 0.6 is 31.6 Å². The van der Waals surface area contributed by atoms with E-state index in [1.54, 1.807) is 12.1 Å². The van der Waals surface area contributed by atoms with Crippen LogP contribution in [0, 0.1) is 0 Å². The van der Waals surface area contributed by atoms with Crippen LogP contribution in [-0.2, 0) is 12.7 Å². The lowest BCUT2D eigenvalue weighted by Crippen LogP contribution is -1.92. The fourth-order valence-corrected chi connectivity index (χ4v) is 1.69. The molecule has 0 fully saturated rings. The fraction of sp³-hybridized carbons (Fsp3) is 0.143. The van der Waals surface area contributed by atoms with Crippen molar-refractivity contribution < 1.29 is 22.0 Å². The van der Waals surface area contributed by atoms with E-state index in [0.29, 0.717) is 5.75 Å². The number of methoxy groups -OCH3 is 1. The first-order valence-electron chi connectivity index (χ1n) is 3.68. The predicted molar refractivity (Wildman–Crippen MR) is 55.1 cm³/mol. The van der Waals surface area contributed by atoms with Crippen LogP contribution in [0.2, 0.25) is 0 Å². The highest BCUT2D eigenvalue weighted by Crippen LogP contribution is 2.51. The molecular weight excluding hydrogens is 266 g/mol. The first-order chi connectivity index (χ1) is 7.13. The Balaban J connectivity index is 2.76. The van der Waals surface area contributed by atoms with E-state index in [9.17, 15) is 4.57 Å². The van der Waals surface area contributed by atoms with Crippen molar-refractivity contribution in [2.24, 2.45) is 0 Å². The van der Waals surface area contributed by atoms with Crippen molar-refractivity contribution in [1.29, 1.82) is 0 Å². The molecule has 1 rings (SSSR count). The molecule has 0 amide bonds. The average Bonchev–Trinajstić information content (AvgIpc) is 2.30. The molecule has 0 radical (unpaired) electrons. The lowest BCUT2D eigenvalue weighted by molar-refractivity contribution is 0.318. The summed E-state index contributed by atoms with van der Waals surface area (Å²) in [7, 11) is -2.42. The summed E-state index contributed by atoms with van der Waals surface area (Å²) >= 11 is 9.79. The van der Waals surface area contributed by atoms with Crippen molar-refractivity contribution >= 4 is 31.6 Å². The lowest BCUT2D eigenvalue weighted by Gasteiger charge is -2.10. The van der Waals surface area contributed by atoms with Gasteiger partial charge in [0.15, 0.2) is 0 Å². The smallest absolute Gasteiger partial charge is 0.497 e. The third kappa shape index (κ3) is 3.55. The van der Waals surface area contributed by atoms with Gasteiger partial charge in [0.1, 0.15) is 11.5 Å². The highest BCUT2D eigenvalue weighted by molar-refractivity contribution is 7.50. The number of phosphoric acid groups is 1. The van der Waals surface area contributed by atoms with Crippen molar-refractivity contribution in [3.05, 3.63) is 24.3 Å². The number of hydrogen-bond donors (Lipinski definition) is 0. The maximum absolute atomic E-state index is 11.3. The molecule has 1 aromatic rings. The second kappa shape index (κ2) is 5.58. The first kappa shape index (κ1) is 12.6. The van der Waals surface area contributed by atoms with E-state index in [-0.39, 0.29) is 5.75 Å². The predicted octanol–water partition coefficient (Wildman–Crippen LogP) is 3.52. The van der Waals surface area contributed by atoms with E-state index < -0.39 is 7.82 Å². The van der Waals surface area contributed by atoms with Gasteiger partial charge in [-0.1, -0.05) is 0 Å². The number of hydrogen-bond acceptors (Lipinski definition) is 5. The third-order valence-corrected chi connectivity index (χ3v) is 3.23. The quantitative estimate of drug-likeness (QED) is 0.768. The zero-order valence-corrected chi connectivity index (χ0v) is 9.96. The highest BCUT2D eigenvalue weighted by Gasteiger charge is 2.28. The molecule has 0 saturated carbocycles. The van der Waals surface area contributed by atoms with E-state index in [2.05, 4.69) is 8.15 Å². The summed E-state index contributed by atoms with van der Waals surface area (Å²) in [6.45, 7) is 0. The molecule has 0 bridgehead atoms. The highest BCUT2D eigenvalue weighted by atomic mass is 35.5. The molecule has 0 saturated heterocycles. The van der Waals surface area contributed by atoms with Crippen molar-refractivity contribution in [3.63, 3.8) is 0 Å². The molecule has 0 unspecified atom stereocenters. The molecule has 0 aliphatic carbocycles. The van der Waals surface area contributed by atoms with Gasteiger partial charge in [0, 0.05) is 0 Å². The molecule has 0 heterocycles. The molecule has 0 atom stereocenters. The van der Waals surface area contributed by atoms with Crippen LogP contribution in [0.4, 0.5) is 0 Å². The molecule has 1 aromatic carbocycles. The van der Waals surface area contributed by atoms with Crippen LogP contribution in [0.15, 0.2) is 24.3 Å². The van der Waals surface area contributed by atoms with Gasteiger partial charge in [-0.25, -0.2) is 4.57 Å². The lowest BCUT2D eigenvalue weighted by atomic mass is 10.3. The van der Waals surface area contributed by atoms with Crippen molar-refractivity contribution in [3.8, 4) is 11.5 Å². The van der Waals surface area contributed by atoms with Crippen LogP contribution in [-0.4, -0.2) is 7.11 Å². The van der Waals surface area contributed by atoms with Gasteiger partial charge >= 0.3 is 7.82 Å². The van der Waals surface area contributed by atoms with Gasteiger partial charge in [-0.15, -0.1) is 0 Å². The van der Waals surface area contributed by atoms with E-state index in [1.807, 2.05) is 0 Å². The Morgan fingerprint density at radius 1 is 1.07 bits per heavy atom. The minimum Gasteiger partial charge on any atom is -0.497 e. The van der Waals surface area contributed by atoms with Crippen LogP contribution in [0.1, 0.15) is 0 Å². The van der Waals surface area contributed by atoms with Gasteiger partial charge in [0.05, 0.1) is 30.8 Å². The Morgan fingerprint density at radius 2 is 1.53 bits per heavy atom. The maximum atomic E-state index is 11.3. The molecular formula is C7H7Cl2O5P. The van der Waals surface area contributed by atoms with Crippen LogP contribution in [0.3, 0.4) is 0 Å². The van der Waals surface area contributed by atoms with Crippen LogP contribution in [0.25, 0.3) is 0 Å². The Kier molecular flexibility index (Phi) is 4.70. The van der Waals surface area contributed by atoms with Crippen LogP contribution < -0.4 is 9.26 Å². The van der Waals surface area contributed by atoms with E-state index in [4.69, 9.17) is 33.0 Å². The van der Waals surface area contributed by atoms with Gasteiger partial charge in [0.25, 0.3) is 0 Å². The summed E-state index contributed by atoms with van der Waals surface area (Å²) < 4.78 is 29.0. The summed E-state index contributed by atoms with van der Waals surface area (Å²) in [6.07, 6.45) is 0. The summed E-state index contributed by atoms with van der Waals surface area (Å²) in [4.78, 5) is 0. The first-order valence-corrected chi connectivity index (χ1v) is 5.75. The minimum atomic E-state index is -3.94. The number of ether oxygens (including phenoxy) is 1. The van der Waals surface area contributed by atoms with E-state index in [1.165, 1.54) is 19.2 Å². The van der Waals surface area contributed by atoms with Crippen molar-refractivity contribution in [2.75, 3.05) is 7.11 Å². The number of benzene rings is 1. The maximum Gasteiger partial charge on any atom is 0.563 e. The summed E-state index contributed by atoms with van der Waals surface area (Å²) in [5, 5.41) is 0. The SMILES string of the molecule is COc1ccc(OP(=O)(OCl)OCl)cc1. The third-order valence-electron chi connectivity index (χ3n) is 1.45. The molecule has 15 heavy (non-hydrogen) atoms. The summed E-state index contributed by atoms with van der Waals surface area (Å²) in [6, 6.07) is 6.19. The molecule has 0 aliphatic heterocycles. The summed E-state index contributed by atoms with van der Waals surface area (Å²) in [5.41, 5.74) is 0. The van der Waals surface area contributed by atoms with Gasteiger partial charge in [-0.05, 0) is 24.3 Å². The Labute approximate surface area is 96.8 Å². The normalized spacial score (nSPS) is 11.1. The molecule has 0 aromatic heterocycles. The van der Waals surface area contributed by atoms with Gasteiger partial charge in [0.2, 0.25) is 0 Å². The Bertz CT molecular complexity index is 347. The van der Waals surface area contributed by atoms with Gasteiger partial charge in [-0.2, -0.15) is 8.15 Å². The number of halogens is 2. The fourth-order valence-electron chi connectivity index (χ4n) is 0.805. The van der Waals surface area contributed by atoms with Gasteiger partial charge in [-0.3, -0.25) is 0 Å². The Hall–Kier alpha value is -0.450. The average molecular weight is 273 g/mol. The van der Waals surface area contributed by atoms with E-state index in [0.717, 1.165) is 0 Å². The topological polar surface area (TPSA) is 54.0 Å². The van der Waals surface area contributed by atoms with Crippen LogP contribution in [0.5, 0.6) is 11.5 Å². The molecule has 0 aliphatic rings. The zero-order chi connectivity index (χ0) is 11.3. The Morgan fingerprint density at radius 3 is 1.93 bits per heavy atom. The molecule has 8 heteroatoms. The standard InChI is InChI=1S/C7H7Cl2O5P/c1-11-6-2-4-7(5-3-6)12-15(10,13-8)14-9/h2-5H,1H3. The van der Waals surface area contributed by atoms with Gasteiger partial charge < -0.3 is 9.26 Å². The monoisotopic (exact) mass is 272 g/mol. The minimum absolute atomic E-state index is 0.223. The van der Waals surface area contributed by atoms with Crippen molar-refractivity contribution in [1.82, 2.24) is 0 Å². The van der Waals surface area contributed by atoms with E-state index >= 15 is 0 Å². The van der Waals surface area contributed by atoms with Crippen molar-refractivity contribution in [2.45, 2.75) is 0 Å². The second-order valence-corrected chi connectivity index (χ2v) is 4.53. The molecule has 0 N–H and O–H groups in total. The number of rotatable bonds is 5. The molecule has 84 valence electrons.